The quantitative estimate of drug-likeness (QED) is 0.535. The van der Waals surface area contributed by atoms with E-state index < -0.39 is 10.0 Å². The summed E-state index contributed by atoms with van der Waals surface area (Å²) in [5.41, 5.74) is 4.84. The number of nitriles is 2. The summed E-state index contributed by atoms with van der Waals surface area (Å²) in [7, 11) is -3.80. The smallest absolute Gasteiger partial charge is 0.232 e. The predicted molar refractivity (Wildman–Crippen MR) is 115 cm³/mol. The van der Waals surface area contributed by atoms with Crippen LogP contribution in [0.1, 0.15) is 11.1 Å². The van der Waals surface area contributed by atoms with Crippen LogP contribution in [0.3, 0.4) is 0 Å². The Morgan fingerprint density at radius 1 is 0.774 bits per heavy atom. The van der Waals surface area contributed by atoms with Gasteiger partial charge in [0, 0.05) is 11.1 Å². The van der Waals surface area contributed by atoms with E-state index in [1.165, 1.54) is 12.1 Å². The third-order valence-electron chi connectivity index (χ3n) is 4.74. The second-order valence-electron chi connectivity index (χ2n) is 6.74. The van der Waals surface area contributed by atoms with Gasteiger partial charge in [-0.1, -0.05) is 24.3 Å². The first-order valence-electron chi connectivity index (χ1n) is 9.13. The van der Waals surface area contributed by atoms with E-state index in [0.29, 0.717) is 22.5 Å². The van der Waals surface area contributed by atoms with Gasteiger partial charge in [-0.15, -0.1) is 0 Å². The number of aromatic nitrogens is 2. The molecule has 31 heavy (non-hydrogen) atoms. The van der Waals surface area contributed by atoms with Gasteiger partial charge in [0.1, 0.15) is 0 Å². The molecule has 0 saturated heterocycles. The maximum Gasteiger partial charge on any atom is 0.238 e. The SMILES string of the molecule is N#Cc1ccc(-c2cc(-c3ccc(C#N)cc3)n(-c3ccc(S(N)(=O)=O)cc3)n2)cc1. The molecule has 4 aromatic rings. The lowest BCUT2D eigenvalue weighted by atomic mass is 10.1. The monoisotopic (exact) mass is 425 g/mol. The lowest BCUT2D eigenvalue weighted by Gasteiger charge is -2.08. The van der Waals surface area contributed by atoms with Crippen LogP contribution in [0.2, 0.25) is 0 Å². The number of nitrogens with zero attached hydrogens (tertiary/aromatic N) is 4. The highest BCUT2D eigenvalue weighted by Crippen LogP contribution is 2.29. The van der Waals surface area contributed by atoms with Crippen molar-refractivity contribution in [1.82, 2.24) is 9.78 Å². The third kappa shape index (κ3) is 4.07. The lowest BCUT2D eigenvalue weighted by molar-refractivity contribution is 0.598. The van der Waals surface area contributed by atoms with Gasteiger partial charge in [0.2, 0.25) is 10.0 Å². The first-order chi connectivity index (χ1) is 14.9. The molecule has 0 radical (unpaired) electrons. The van der Waals surface area contributed by atoms with Gasteiger partial charge in [-0.05, 0) is 54.6 Å². The molecular weight excluding hydrogens is 410 g/mol. The summed E-state index contributed by atoms with van der Waals surface area (Å²) in [4.78, 5) is 0.00986. The molecule has 1 aromatic heterocycles. The number of hydrogen-bond acceptors (Lipinski definition) is 5. The lowest BCUT2D eigenvalue weighted by Crippen LogP contribution is -2.12. The van der Waals surface area contributed by atoms with Crippen LogP contribution in [0, 0.1) is 22.7 Å². The fourth-order valence-corrected chi connectivity index (χ4v) is 3.65. The molecular formula is C23H15N5O2S. The predicted octanol–water partition coefficient (Wildman–Crippen LogP) is 3.60. The molecule has 2 N–H and O–H groups in total. The fourth-order valence-electron chi connectivity index (χ4n) is 3.13. The van der Waals surface area contributed by atoms with Gasteiger partial charge in [-0.3, -0.25) is 0 Å². The molecule has 0 fully saturated rings. The van der Waals surface area contributed by atoms with Crippen LogP contribution in [0.5, 0.6) is 0 Å². The minimum absolute atomic E-state index is 0.00986. The summed E-state index contributed by atoms with van der Waals surface area (Å²) in [5, 5.41) is 28.0. The Morgan fingerprint density at radius 3 is 1.77 bits per heavy atom. The molecule has 0 saturated carbocycles. The van der Waals surface area contributed by atoms with Gasteiger partial charge in [0.15, 0.2) is 0 Å². The normalized spacial score (nSPS) is 10.9. The van der Waals surface area contributed by atoms with E-state index in [4.69, 9.17) is 20.8 Å². The van der Waals surface area contributed by atoms with Gasteiger partial charge < -0.3 is 0 Å². The van der Waals surface area contributed by atoms with Gasteiger partial charge in [-0.2, -0.15) is 15.6 Å². The molecule has 0 bridgehead atoms. The van der Waals surface area contributed by atoms with E-state index in [-0.39, 0.29) is 4.90 Å². The van der Waals surface area contributed by atoms with Crippen LogP contribution in [-0.4, -0.2) is 18.2 Å². The van der Waals surface area contributed by atoms with Crippen LogP contribution in [0.4, 0.5) is 0 Å². The second-order valence-corrected chi connectivity index (χ2v) is 8.31. The zero-order chi connectivity index (χ0) is 22.0. The molecule has 0 unspecified atom stereocenters. The van der Waals surface area contributed by atoms with Gasteiger partial charge >= 0.3 is 0 Å². The Hall–Kier alpha value is -4.24. The molecule has 0 spiro atoms. The number of sulfonamides is 1. The van der Waals surface area contributed by atoms with Crippen molar-refractivity contribution in [3.63, 3.8) is 0 Å². The molecule has 8 heteroatoms. The Kier molecular flexibility index (Phi) is 5.10. The Bertz CT molecular complexity index is 1440. The summed E-state index contributed by atoms with van der Waals surface area (Å²) in [6, 6.07) is 26.4. The van der Waals surface area contributed by atoms with E-state index >= 15 is 0 Å². The molecule has 1 heterocycles. The highest BCUT2D eigenvalue weighted by molar-refractivity contribution is 7.89. The van der Waals surface area contributed by atoms with Crippen molar-refractivity contribution in [2.24, 2.45) is 5.14 Å². The van der Waals surface area contributed by atoms with Crippen molar-refractivity contribution in [2.45, 2.75) is 4.90 Å². The average molecular weight is 425 g/mol. The van der Waals surface area contributed by atoms with E-state index in [1.807, 2.05) is 30.3 Å². The highest BCUT2D eigenvalue weighted by atomic mass is 32.2. The maximum absolute atomic E-state index is 11.6. The number of hydrogen-bond donors (Lipinski definition) is 1. The first-order valence-corrected chi connectivity index (χ1v) is 10.7. The zero-order valence-electron chi connectivity index (χ0n) is 16.1. The Labute approximate surface area is 179 Å². The Morgan fingerprint density at radius 2 is 1.29 bits per heavy atom. The molecule has 0 aliphatic carbocycles. The van der Waals surface area contributed by atoms with Crippen LogP contribution in [0.25, 0.3) is 28.2 Å². The minimum atomic E-state index is -3.80. The van der Waals surface area contributed by atoms with Crippen LogP contribution in [-0.2, 0) is 10.0 Å². The Balaban J connectivity index is 1.86. The van der Waals surface area contributed by atoms with Crippen LogP contribution >= 0.6 is 0 Å². The topological polar surface area (TPSA) is 126 Å². The summed E-state index contributed by atoms with van der Waals surface area (Å²) < 4.78 is 24.9. The third-order valence-corrected chi connectivity index (χ3v) is 5.67. The van der Waals surface area contributed by atoms with Crippen molar-refractivity contribution >= 4 is 10.0 Å². The molecule has 7 nitrogen and oxygen atoms in total. The molecule has 0 aliphatic rings. The zero-order valence-corrected chi connectivity index (χ0v) is 16.9. The summed E-state index contributed by atoms with van der Waals surface area (Å²) in [6.07, 6.45) is 0. The first kappa shape index (κ1) is 20.0. The van der Waals surface area contributed by atoms with Crippen molar-refractivity contribution in [1.29, 1.82) is 10.5 Å². The van der Waals surface area contributed by atoms with Crippen molar-refractivity contribution in [2.75, 3.05) is 0 Å². The van der Waals surface area contributed by atoms with Crippen molar-refractivity contribution < 1.29 is 8.42 Å². The van der Waals surface area contributed by atoms with E-state index in [1.54, 1.807) is 41.1 Å². The molecule has 3 aromatic carbocycles. The molecule has 150 valence electrons. The minimum Gasteiger partial charge on any atom is -0.232 e. The van der Waals surface area contributed by atoms with Crippen LogP contribution in [0.15, 0.2) is 83.8 Å². The van der Waals surface area contributed by atoms with E-state index in [0.717, 1.165) is 16.8 Å². The molecule has 4 rings (SSSR count). The highest BCUT2D eigenvalue weighted by Gasteiger charge is 2.15. The summed E-state index contributed by atoms with van der Waals surface area (Å²) in [5.74, 6) is 0. The van der Waals surface area contributed by atoms with Gasteiger partial charge in [0.05, 0.1) is 45.2 Å². The van der Waals surface area contributed by atoms with Crippen molar-refractivity contribution in [3.8, 4) is 40.3 Å². The molecule has 0 aliphatic heterocycles. The molecule has 0 amide bonds. The standard InChI is InChI=1S/C23H15N5O2S/c24-14-16-1-5-18(6-2-16)22-13-23(19-7-3-17(15-25)4-8-19)28(27-22)20-9-11-21(12-10-20)31(26,29)30/h1-13H,(H2,26,29,30). The number of rotatable bonds is 4. The molecule has 0 atom stereocenters. The number of nitrogens with two attached hydrogens (primary N) is 1. The second kappa shape index (κ2) is 7.88. The largest absolute Gasteiger partial charge is 0.238 e. The van der Waals surface area contributed by atoms with Crippen LogP contribution < -0.4 is 5.14 Å². The van der Waals surface area contributed by atoms with Gasteiger partial charge in [0.25, 0.3) is 0 Å². The number of primary sulfonamides is 1. The van der Waals surface area contributed by atoms with Gasteiger partial charge in [-0.25, -0.2) is 18.2 Å². The number of benzene rings is 3. The summed E-state index contributed by atoms with van der Waals surface area (Å²) in [6.45, 7) is 0. The maximum atomic E-state index is 11.6. The van der Waals surface area contributed by atoms with E-state index in [9.17, 15) is 8.42 Å². The van der Waals surface area contributed by atoms with E-state index in [2.05, 4.69) is 12.1 Å². The van der Waals surface area contributed by atoms with Crippen molar-refractivity contribution in [3.05, 3.63) is 90.0 Å². The average Bonchev–Trinajstić information content (AvgIpc) is 3.24. The fraction of sp³-hybridized carbons (Fsp3) is 0. The summed E-state index contributed by atoms with van der Waals surface area (Å²) >= 11 is 0.